The molecule has 1 aromatic carbocycles. The number of fused-ring (bicyclic) bond motifs is 1. The minimum absolute atomic E-state index is 0.329. The Bertz CT molecular complexity index is 1060. The van der Waals surface area contributed by atoms with Gasteiger partial charge in [-0.1, -0.05) is 17.7 Å². The summed E-state index contributed by atoms with van der Waals surface area (Å²) >= 11 is 0. The third kappa shape index (κ3) is 3.28. The van der Waals surface area contributed by atoms with Crippen molar-refractivity contribution in [3.63, 3.8) is 0 Å². The number of nitrogens with zero attached hydrogens (tertiary/aromatic N) is 4. The molecule has 0 aliphatic carbocycles. The van der Waals surface area contributed by atoms with E-state index in [1.165, 1.54) is 0 Å². The van der Waals surface area contributed by atoms with Crippen molar-refractivity contribution in [1.82, 2.24) is 19.1 Å². The molecule has 140 valence electrons. The van der Waals surface area contributed by atoms with Crippen molar-refractivity contribution in [1.29, 1.82) is 0 Å². The lowest BCUT2D eigenvalue weighted by Crippen LogP contribution is -2.31. The first kappa shape index (κ1) is 17.9. The first-order valence-corrected chi connectivity index (χ1v) is 10.4. The predicted molar refractivity (Wildman–Crippen MR) is 104 cm³/mol. The van der Waals surface area contributed by atoms with Gasteiger partial charge in [0.05, 0.1) is 22.8 Å². The normalized spacial score (nSPS) is 15.3. The standard InChI is InChI=1S/C20H22N4O2S/c1-15-7-9-17(10-8-15)27(25,26)24-12-4-6-18-19(14-24)23(2)22-20(18)16-5-3-11-21-13-16/h3,5,7-11,13H,4,6,12,14H2,1-2H3. The van der Waals surface area contributed by atoms with Crippen LogP contribution >= 0.6 is 0 Å². The van der Waals surface area contributed by atoms with E-state index in [2.05, 4.69) is 10.1 Å². The molecule has 0 bridgehead atoms. The molecule has 7 heteroatoms. The summed E-state index contributed by atoms with van der Waals surface area (Å²) in [6, 6.07) is 10.9. The van der Waals surface area contributed by atoms with Crippen molar-refractivity contribution in [3.8, 4) is 11.3 Å². The smallest absolute Gasteiger partial charge is 0.243 e. The van der Waals surface area contributed by atoms with E-state index < -0.39 is 10.0 Å². The highest BCUT2D eigenvalue weighted by Gasteiger charge is 2.30. The Kier molecular flexibility index (Phi) is 4.57. The molecule has 0 N–H and O–H groups in total. The van der Waals surface area contributed by atoms with Gasteiger partial charge in [-0.3, -0.25) is 9.67 Å². The van der Waals surface area contributed by atoms with E-state index >= 15 is 0 Å². The van der Waals surface area contributed by atoms with E-state index in [1.54, 1.807) is 33.5 Å². The summed E-state index contributed by atoms with van der Waals surface area (Å²) in [5.74, 6) is 0. The fourth-order valence-corrected chi connectivity index (χ4v) is 4.98. The molecule has 0 radical (unpaired) electrons. The van der Waals surface area contributed by atoms with Crippen LogP contribution in [0.1, 0.15) is 23.2 Å². The number of aromatic nitrogens is 3. The molecule has 0 spiro atoms. The average Bonchev–Trinajstić information content (AvgIpc) is 2.84. The van der Waals surface area contributed by atoms with Crippen LogP contribution in [-0.2, 0) is 30.0 Å². The number of hydrogen-bond donors (Lipinski definition) is 0. The Morgan fingerprint density at radius 2 is 1.89 bits per heavy atom. The number of rotatable bonds is 3. The van der Waals surface area contributed by atoms with Crippen molar-refractivity contribution < 1.29 is 8.42 Å². The molecule has 0 unspecified atom stereocenters. The van der Waals surface area contributed by atoms with Gasteiger partial charge in [-0.25, -0.2) is 8.42 Å². The molecule has 1 aliphatic heterocycles. The van der Waals surface area contributed by atoms with Gasteiger partial charge < -0.3 is 0 Å². The number of aryl methyl sites for hydroxylation is 2. The number of sulfonamides is 1. The second kappa shape index (κ2) is 6.90. The maximum atomic E-state index is 13.1. The van der Waals surface area contributed by atoms with Gasteiger partial charge in [0.15, 0.2) is 0 Å². The van der Waals surface area contributed by atoms with Gasteiger partial charge >= 0.3 is 0 Å². The second-order valence-electron chi connectivity index (χ2n) is 6.89. The zero-order valence-electron chi connectivity index (χ0n) is 15.5. The molecule has 0 saturated heterocycles. The van der Waals surface area contributed by atoms with Crippen LogP contribution in [0.4, 0.5) is 0 Å². The van der Waals surface area contributed by atoms with Crippen LogP contribution in [0.3, 0.4) is 0 Å². The van der Waals surface area contributed by atoms with Crippen LogP contribution in [0.25, 0.3) is 11.3 Å². The highest BCUT2D eigenvalue weighted by molar-refractivity contribution is 7.89. The van der Waals surface area contributed by atoms with Crippen molar-refractivity contribution in [3.05, 3.63) is 65.6 Å². The van der Waals surface area contributed by atoms with Crippen LogP contribution in [0, 0.1) is 6.92 Å². The van der Waals surface area contributed by atoms with E-state index in [4.69, 9.17) is 0 Å². The molecule has 6 nitrogen and oxygen atoms in total. The molecular formula is C20H22N4O2S. The molecule has 3 aromatic rings. The molecule has 1 aliphatic rings. The van der Waals surface area contributed by atoms with Gasteiger partial charge in [0.25, 0.3) is 0 Å². The molecular weight excluding hydrogens is 360 g/mol. The fraction of sp³-hybridized carbons (Fsp3) is 0.300. The summed E-state index contributed by atoms with van der Waals surface area (Å²) in [7, 11) is -1.66. The Morgan fingerprint density at radius 3 is 2.59 bits per heavy atom. The van der Waals surface area contributed by atoms with E-state index in [-0.39, 0.29) is 0 Å². The van der Waals surface area contributed by atoms with E-state index in [0.717, 1.165) is 40.9 Å². The van der Waals surface area contributed by atoms with Crippen LogP contribution in [-0.4, -0.2) is 34.0 Å². The summed E-state index contributed by atoms with van der Waals surface area (Å²) in [5.41, 5.74) is 4.97. The first-order valence-electron chi connectivity index (χ1n) is 8.99. The van der Waals surface area contributed by atoms with Crippen molar-refractivity contribution in [2.45, 2.75) is 31.2 Å². The lowest BCUT2D eigenvalue weighted by atomic mass is 10.0. The van der Waals surface area contributed by atoms with Crippen molar-refractivity contribution in [2.24, 2.45) is 7.05 Å². The summed E-state index contributed by atoms with van der Waals surface area (Å²) in [6.07, 6.45) is 5.10. The predicted octanol–water partition coefficient (Wildman–Crippen LogP) is 2.93. The highest BCUT2D eigenvalue weighted by Crippen LogP contribution is 2.30. The maximum Gasteiger partial charge on any atom is 0.243 e. The van der Waals surface area contributed by atoms with E-state index in [0.29, 0.717) is 18.0 Å². The Labute approximate surface area is 159 Å². The molecule has 2 aromatic heterocycles. The molecule has 0 amide bonds. The van der Waals surface area contributed by atoms with Crippen LogP contribution < -0.4 is 0 Å². The van der Waals surface area contributed by atoms with Gasteiger partial charge in [0.2, 0.25) is 10.0 Å². The zero-order valence-corrected chi connectivity index (χ0v) is 16.3. The number of hydrogen-bond acceptors (Lipinski definition) is 4. The van der Waals surface area contributed by atoms with Gasteiger partial charge in [0, 0.05) is 37.1 Å². The van der Waals surface area contributed by atoms with Crippen LogP contribution in [0.5, 0.6) is 0 Å². The van der Waals surface area contributed by atoms with Gasteiger partial charge in [-0.15, -0.1) is 0 Å². The van der Waals surface area contributed by atoms with Crippen molar-refractivity contribution >= 4 is 10.0 Å². The third-order valence-electron chi connectivity index (χ3n) is 5.03. The molecule has 27 heavy (non-hydrogen) atoms. The minimum Gasteiger partial charge on any atom is -0.270 e. The lowest BCUT2D eigenvalue weighted by Gasteiger charge is -2.20. The largest absolute Gasteiger partial charge is 0.270 e. The highest BCUT2D eigenvalue weighted by atomic mass is 32.2. The topological polar surface area (TPSA) is 68.1 Å². The van der Waals surface area contributed by atoms with Crippen molar-refractivity contribution in [2.75, 3.05) is 6.54 Å². The van der Waals surface area contributed by atoms with Crippen LogP contribution in [0.2, 0.25) is 0 Å². The summed E-state index contributed by atoms with van der Waals surface area (Å²) < 4.78 is 29.6. The van der Waals surface area contributed by atoms with Gasteiger partial charge in [0.1, 0.15) is 0 Å². The maximum absolute atomic E-state index is 13.1. The average molecular weight is 382 g/mol. The van der Waals surface area contributed by atoms with Crippen LogP contribution in [0.15, 0.2) is 53.7 Å². The Morgan fingerprint density at radius 1 is 1.11 bits per heavy atom. The Hall–Kier alpha value is -2.51. The molecule has 4 rings (SSSR count). The summed E-state index contributed by atoms with van der Waals surface area (Å²) in [4.78, 5) is 4.53. The Balaban J connectivity index is 1.72. The first-order chi connectivity index (χ1) is 13.0. The monoisotopic (exact) mass is 382 g/mol. The zero-order chi connectivity index (χ0) is 19.0. The van der Waals surface area contributed by atoms with Gasteiger partial charge in [-0.2, -0.15) is 9.40 Å². The molecule has 0 fully saturated rings. The molecule has 0 saturated carbocycles. The summed E-state index contributed by atoms with van der Waals surface area (Å²) in [6.45, 7) is 2.77. The quantitative estimate of drug-likeness (QED) is 0.698. The lowest BCUT2D eigenvalue weighted by molar-refractivity contribution is 0.400. The number of benzene rings is 1. The van der Waals surface area contributed by atoms with E-state index in [1.807, 2.05) is 38.2 Å². The SMILES string of the molecule is Cc1ccc(S(=O)(=O)N2CCCc3c(-c4cccnc4)nn(C)c3C2)cc1. The second-order valence-corrected chi connectivity index (χ2v) is 8.83. The molecule has 3 heterocycles. The summed E-state index contributed by atoms with van der Waals surface area (Å²) in [5, 5.41) is 4.66. The minimum atomic E-state index is -3.54. The van der Waals surface area contributed by atoms with E-state index in [9.17, 15) is 8.42 Å². The third-order valence-corrected chi connectivity index (χ3v) is 6.89. The number of pyridine rings is 1. The molecule has 0 atom stereocenters. The van der Waals surface area contributed by atoms with Gasteiger partial charge in [-0.05, 0) is 44.0 Å². The fourth-order valence-electron chi connectivity index (χ4n) is 3.54.